The molecule has 0 unspecified atom stereocenters. The summed E-state index contributed by atoms with van der Waals surface area (Å²) >= 11 is 6.05. The largest absolute Gasteiger partial charge is 0.493 e. The second-order valence-corrected chi connectivity index (χ2v) is 6.68. The first-order chi connectivity index (χ1) is 9.69. The van der Waals surface area contributed by atoms with Gasteiger partial charge < -0.3 is 15.0 Å². The monoisotopic (exact) mass is 312 g/mol. The molecule has 4 nitrogen and oxygen atoms in total. The first-order valence-corrected chi connectivity index (χ1v) is 7.43. The van der Waals surface area contributed by atoms with Crippen molar-refractivity contribution in [2.75, 3.05) is 20.7 Å². The van der Waals surface area contributed by atoms with E-state index in [4.69, 9.17) is 16.3 Å². The Morgan fingerprint density at radius 3 is 2.57 bits per heavy atom. The lowest BCUT2D eigenvalue weighted by Gasteiger charge is -2.22. The average Bonchev–Trinajstić information content (AvgIpc) is 2.37. The summed E-state index contributed by atoms with van der Waals surface area (Å²) in [6.45, 7) is 7.34. The number of halogens is 1. The van der Waals surface area contributed by atoms with Gasteiger partial charge in [0.05, 0.1) is 13.0 Å². The quantitative estimate of drug-likeness (QED) is 0.877. The first kappa shape index (κ1) is 17.8. The van der Waals surface area contributed by atoms with Crippen molar-refractivity contribution < 1.29 is 9.53 Å². The molecule has 0 saturated heterocycles. The Balaban J connectivity index is 2.66. The Hall–Kier alpha value is -1.26. The predicted octanol–water partition coefficient (Wildman–Crippen LogP) is 3.09. The number of nitrogens with one attached hydrogen (secondary N) is 1. The minimum absolute atomic E-state index is 0.0144. The second-order valence-electron chi connectivity index (χ2n) is 6.24. The van der Waals surface area contributed by atoms with Crippen LogP contribution in [0.2, 0.25) is 5.02 Å². The van der Waals surface area contributed by atoms with Gasteiger partial charge in [-0.1, -0.05) is 11.6 Å². The Morgan fingerprint density at radius 2 is 2.00 bits per heavy atom. The maximum Gasteiger partial charge on any atom is 0.225 e. The van der Waals surface area contributed by atoms with E-state index in [2.05, 4.69) is 26.1 Å². The minimum Gasteiger partial charge on any atom is -0.493 e. The van der Waals surface area contributed by atoms with Gasteiger partial charge >= 0.3 is 0 Å². The summed E-state index contributed by atoms with van der Waals surface area (Å²) in [5.41, 5.74) is 1.01. The molecule has 5 heteroatoms. The van der Waals surface area contributed by atoms with E-state index in [9.17, 15) is 4.79 Å². The Morgan fingerprint density at radius 1 is 1.33 bits per heavy atom. The topological polar surface area (TPSA) is 41.6 Å². The van der Waals surface area contributed by atoms with Crippen molar-refractivity contribution in [1.82, 2.24) is 10.2 Å². The van der Waals surface area contributed by atoms with Gasteiger partial charge in [-0.05, 0) is 39.0 Å². The zero-order valence-electron chi connectivity index (χ0n) is 13.5. The smallest absolute Gasteiger partial charge is 0.225 e. The number of benzene rings is 1. The van der Waals surface area contributed by atoms with Gasteiger partial charge in [-0.2, -0.15) is 0 Å². The molecule has 0 heterocycles. The van der Waals surface area contributed by atoms with Crippen LogP contribution in [0.1, 0.15) is 32.8 Å². The first-order valence-electron chi connectivity index (χ1n) is 7.05. The lowest BCUT2D eigenvalue weighted by molar-refractivity contribution is -0.129. The van der Waals surface area contributed by atoms with Gasteiger partial charge in [0.25, 0.3) is 0 Å². The van der Waals surface area contributed by atoms with Crippen LogP contribution in [0.15, 0.2) is 18.2 Å². The van der Waals surface area contributed by atoms with E-state index in [0.717, 1.165) is 11.3 Å². The number of amides is 1. The van der Waals surface area contributed by atoms with Crippen LogP contribution in [0, 0.1) is 0 Å². The molecule has 1 amide bonds. The van der Waals surface area contributed by atoms with Gasteiger partial charge in [0.15, 0.2) is 0 Å². The lowest BCUT2D eigenvalue weighted by Crippen LogP contribution is -2.35. The molecule has 21 heavy (non-hydrogen) atoms. The van der Waals surface area contributed by atoms with Gasteiger partial charge in [-0.25, -0.2) is 0 Å². The summed E-state index contributed by atoms with van der Waals surface area (Å²) in [7, 11) is 3.48. The van der Waals surface area contributed by atoms with Gasteiger partial charge in [0, 0.05) is 36.8 Å². The van der Waals surface area contributed by atoms with Crippen LogP contribution in [-0.4, -0.2) is 37.0 Å². The highest BCUT2D eigenvalue weighted by Gasteiger charge is 2.12. The molecule has 0 aromatic heterocycles. The number of ether oxygens (including phenoxy) is 1. The van der Waals surface area contributed by atoms with Crippen LogP contribution < -0.4 is 10.1 Å². The Labute approximate surface area is 132 Å². The fraction of sp³-hybridized carbons (Fsp3) is 0.562. The molecule has 0 radical (unpaired) electrons. The van der Waals surface area contributed by atoms with Crippen LogP contribution in [0.4, 0.5) is 0 Å². The molecule has 0 atom stereocenters. The fourth-order valence-electron chi connectivity index (χ4n) is 1.66. The van der Waals surface area contributed by atoms with Crippen LogP contribution in [0.3, 0.4) is 0 Å². The number of carbonyl (C=O) groups excluding carboxylic acids is 1. The van der Waals surface area contributed by atoms with Crippen LogP contribution in [0.5, 0.6) is 5.75 Å². The maximum atomic E-state index is 11.5. The molecular formula is C16H25ClN2O2. The normalized spacial score (nSPS) is 11.3. The van der Waals surface area contributed by atoms with Gasteiger partial charge in [-0.15, -0.1) is 0 Å². The predicted molar refractivity (Wildman–Crippen MR) is 86.9 cm³/mol. The van der Waals surface area contributed by atoms with Gasteiger partial charge in [0.1, 0.15) is 5.75 Å². The summed E-state index contributed by atoms with van der Waals surface area (Å²) in [5, 5.41) is 4.09. The van der Waals surface area contributed by atoms with Crippen LogP contribution in [-0.2, 0) is 11.3 Å². The van der Waals surface area contributed by atoms with Gasteiger partial charge in [0.2, 0.25) is 5.91 Å². The highest BCUT2D eigenvalue weighted by atomic mass is 35.5. The molecule has 1 aromatic rings. The fourth-order valence-corrected chi connectivity index (χ4v) is 1.85. The average molecular weight is 313 g/mol. The molecule has 1 N–H and O–H groups in total. The maximum absolute atomic E-state index is 11.5. The molecule has 0 spiro atoms. The molecule has 0 aliphatic carbocycles. The van der Waals surface area contributed by atoms with E-state index in [0.29, 0.717) is 24.6 Å². The highest BCUT2D eigenvalue weighted by Crippen LogP contribution is 2.23. The van der Waals surface area contributed by atoms with Crippen molar-refractivity contribution in [3.05, 3.63) is 28.8 Å². The van der Waals surface area contributed by atoms with E-state index in [1.165, 1.54) is 0 Å². The van der Waals surface area contributed by atoms with E-state index in [1.54, 1.807) is 25.1 Å². The van der Waals surface area contributed by atoms with Gasteiger partial charge in [-0.3, -0.25) is 4.79 Å². The summed E-state index contributed by atoms with van der Waals surface area (Å²) in [4.78, 5) is 13.1. The summed E-state index contributed by atoms with van der Waals surface area (Å²) in [6.07, 6.45) is 0.363. The zero-order valence-corrected chi connectivity index (χ0v) is 14.3. The SMILES string of the molecule is CN(C)C(=O)CCOc1ccc(Cl)cc1CNC(C)(C)C. The third-order valence-corrected chi connectivity index (χ3v) is 3.14. The number of hydrogen-bond acceptors (Lipinski definition) is 3. The standard InChI is InChI=1S/C16H25ClN2O2/c1-16(2,3)18-11-12-10-13(17)6-7-14(12)21-9-8-15(20)19(4)5/h6-7,10,18H,8-9,11H2,1-5H3. The summed E-state index contributed by atoms with van der Waals surface area (Å²) in [5.74, 6) is 0.820. The number of rotatable bonds is 6. The molecule has 1 rings (SSSR count). The third-order valence-electron chi connectivity index (χ3n) is 2.90. The number of nitrogens with zero attached hydrogens (tertiary/aromatic N) is 1. The number of carbonyl (C=O) groups is 1. The molecule has 0 bridgehead atoms. The molecule has 0 aliphatic heterocycles. The molecular weight excluding hydrogens is 288 g/mol. The molecule has 0 saturated carbocycles. The van der Waals surface area contributed by atoms with E-state index >= 15 is 0 Å². The van der Waals surface area contributed by atoms with Crippen LogP contribution >= 0.6 is 11.6 Å². The molecule has 118 valence electrons. The van der Waals surface area contributed by atoms with E-state index < -0.39 is 0 Å². The van der Waals surface area contributed by atoms with E-state index in [-0.39, 0.29) is 11.4 Å². The summed E-state index contributed by atoms with van der Waals surface area (Å²) in [6, 6.07) is 5.54. The van der Waals surface area contributed by atoms with Crippen molar-refractivity contribution in [1.29, 1.82) is 0 Å². The van der Waals surface area contributed by atoms with Crippen molar-refractivity contribution in [2.45, 2.75) is 39.3 Å². The molecule has 0 aliphatic rings. The Kier molecular flexibility index (Phi) is 6.49. The van der Waals surface area contributed by atoms with E-state index in [1.807, 2.05) is 12.1 Å². The van der Waals surface area contributed by atoms with Crippen LogP contribution in [0.25, 0.3) is 0 Å². The molecule has 0 fully saturated rings. The minimum atomic E-state index is 0.0144. The second kappa shape index (κ2) is 7.66. The zero-order chi connectivity index (χ0) is 16.0. The van der Waals surface area contributed by atoms with Crippen molar-refractivity contribution in [2.24, 2.45) is 0 Å². The Bertz CT molecular complexity index is 482. The summed E-state index contributed by atoms with van der Waals surface area (Å²) < 4.78 is 5.73. The van der Waals surface area contributed by atoms with Crippen molar-refractivity contribution in [3.63, 3.8) is 0 Å². The molecule has 1 aromatic carbocycles. The van der Waals surface area contributed by atoms with Crippen molar-refractivity contribution >= 4 is 17.5 Å². The lowest BCUT2D eigenvalue weighted by atomic mass is 10.1. The van der Waals surface area contributed by atoms with Crippen molar-refractivity contribution in [3.8, 4) is 5.75 Å². The third kappa shape index (κ3) is 6.82. The number of hydrogen-bond donors (Lipinski definition) is 1. The highest BCUT2D eigenvalue weighted by molar-refractivity contribution is 6.30.